The summed E-state index contributed by atoms with van der Waals surface area (Å²) < 4.78 is 22.5. The van der Waals surface area contributed by atoms with Gasteiger partial charge in [0.15, 0.2) is 12.2 Å². The predicted octanol–water partition coefficient (Wildman–Crippen LogP) is 4.24. The van der Waals surface area contributed by atoms with Crippen LogP contribution < -0.4 is 9.26 Å². The van der Waals surface area contributed by atoms with E-state index in [1.54, 1.807) is 36.5 Å². The van der Waals surface area contributed by atoms with Crippen molar-refractivity contribution in [3.8, 4) is 11.5 Å². The molecule has 0 N–H and O–H groups in total. The summed E-state index contributed by atoms with van der Waals surface area (Å²) in [5.74, 6) is 0.866. The van der Waals surface area contributed by atoms with Crippen molar-refractivity contribution >= 4 is 25.2 Å². The van der Waals surface area contributed by atoms with Crippen molar-refractivity contribution in [3.63, 3.8) is 0 Å². The molecule has 8 heteroatoms. The Balaban J connectivity index is 2.64. The van der Waals surface area contributed by atoms with Crippen molar-refractivity contribution < 1.29 is 18.7 Å². The maximum Gasteiger partial charge on any atom is 0.631 e. The summed E-state index contributed by atoms with van der Waals surface area (Å²) in [6.07, 6.45) is 1.65. The van der Waals surface area contributed by atoms with Gasteiger partial charge in [0.05, 0.1) is 17.9 Å². The first-order chi connectivity index (χ1) is 11.7. The molecule has 1 unspecified atom stereocenters. The topological polar surface area (TPSA) is 70.0 Å². The van der Waals surface area contributed by atoms with E-state index in [4.69, 9.17) is 14.1 Å². The van der Waals surface area contributed by atoms with Gasteiger partial charge in [-0.25, -0.2) is 4.52 Å². The Kier molecular flexibility index (Phi) is 7.03. The van der Waals surface area contributed by atoms with E-state index in [1.807, 2.05) is 19.9 Å². The number of benzene rings is 1. The molecule has 24 heavy (non-hydrogen) atoms. The molecular formula is C16H18N2O4PS+. The molecule has 1 aromatic heterocycles. The van der Waals surface area contributed by atoms with Crippen molar-refractivity contribution in [2.45, 2.75) is 13.8 Å². The maximum atomic E-state index is 11.5. The number of aromatic nitrogens is 1. The quantitative estimate of drug-likeness (QED) is 0.328. The molecule has 0 radical (unpaired) electrons. The summed E-state index contributed by atoms with van der Waals surface area (Å²) >= 11 is 3.83. The highest BCUT2D eigenvalue weighted by Gasteiger charge is 2.25. The fourth-order valence-corrected chi connectivity index (χ4v) is 2.62. The summed E-state index contributed by atoms with van der Waals surface area (Å²) in [4.78, 5) is 9.56. The van der Waals surface area contributed by atoms with Crippen molar-refractivity contribution in [3.05, 3.63) is 53.9 Å². The van der Waals surface area contributed by atoms with Crippen LogP contribution in [0.15, 0.2) is 47.8 Å². The lowest BCUT2D eigenvalue weighted by molar-refractivity contribution is 0.159. The largest absolute Gasteiger partial charge is 0.631 e. The Morgan fingerprint density at radius 2 is 1.96 bits per heavy atom. The fraction of sp³-hybridized carbons (Fsp3) is 0.250. The van der Waals surface area contributed by atoms with Gasteiger partial charge in [-0.15, -0.1) is 0 Å². The number of hydrogen-bond acceptors (Lipinski definition) is 6. The monoisotopic (exact) mass is 365 g/mol. The highest BCUT2D eigenvalue weighted by atomic mass is 32.7. The molecule has 0 aliphatic rings. The Morgan fingerprint density at radius 1 is 1.17 bits per heavy atom. The minimum Gasteiger partial charge on any atom is -0.493 e. The second kappa shape index (κ2) is 9.25. The standard InChI is InChI=1S/C16H17N2O4PS/c1-3-20-13-9-7-10-14(22-23(19)24)15(13)16(18-21-4-2)12-8-5-6-11-17-12/h5-11H,3-4H2,1-2H3/p+1. The molecular weight excluding hydrogens is 347 g/mol. The molecule has 0 bridgehead atoms. The van der Waals surface area contributed by atoms with Crippen LogP contribution in [-0.2, 0) is 9.40 Å². The number of hydrogen-bond donors (Lipinski definition) is 1. The van der Waals surface area contributed by atoms with Gasteiger partial charge in [0.1, 0.15) is 18.1 Å². The molecule has 0 aliphatic carbocycles. The molecule has 1 aromatic carbocycles. The molecule has 1 heterocycles. The van der Waals surface area contributed by atoms with E-state index in [0.29, 0.717) is 41.7 Å². The number of rotatable bonds is 8. The molecule has 0 saturated heterocycles. The highest BCUT2D eigenvalue weighted by molar-refractivity contribution is 8.39. The first-order valence-electron chi connectivity index (χ1n) is 7.39. The van der Waals surface area contributed by atoms with E-state index >= 15 is 0 Å². The second-order valence-electron chi connectivity index (χ2n) is 4.46. The number of oxime groups is 1. The van der Waals surface area contributed by atoms with Crippen LogP contribution in [0.25, 0.3) is 0 Å². The average molecular weight is 365 g/mol. The van der Waals surface area contributed by atoms with E-state index in [2.05, 4.69) is 22.4 Å². The zero-order chi connectivity index (χ0) is 17.4. The second-order valence-corrected chi connectivity index (χ2v) is 6.10. The van der Waals surface area contributed by atoms with Gasteiger partial charge in [-0.2, -0.15) is 0 Å². The molecule has 0 amide bonds. The van der Waals surface area contributed by atoms with Gasteiger partial charge in [0.2, 0.25) is 5.75 Å². The summed E-state index contributed by atoms with van der Waals surface area (Å²) in [6.45, 7) is 4.55. The van der Waals surface area contributed by atoms with Crippen LogP contribution in [0.5, 0.6) is 11.5 Å². The predicted molar refractivity (Wildman–Crippen MR) is 96.3 cm³/mol. The average Bonchev–Trinajstić information content (AvgIpc) is 2.58. The Bertz CT molecular complexity index is 725. The van der Waals surface area contributed by atoms with Crippen LogP contribution in [0, 0.1) is 0 Å². The highest BCUT2D eigenvalue weighted by Crippen LogP contribution is 2.38. The van der Waals surface area contributed by atoms with E-state index < -0.39 is 7.23 Å². The van der Waals surface area contributed by atoms with Crippen LogP contribution in [0.3, 0.4) is 0 Å². The van der Waals surface area contributed by atoms with Gasteiger partial charge in [-0.3, -0.25) is 4.98 Å². The minimum atomic E-state index is -2.15. The molecule has 126 valence electrons. The molecule has 0 fully saturated rings. The Labute approximate surface area is 146 Å². The lowest BCUT2D eigenvalue weighted by atomic mass is 10.0. The molecule has 0 spiro atoms. The van der Waals surface area contributed by atoms with Crippen LogP contribution in [-0.4, -0.2) is 23.9 Å². The third-order valence-electron chi connectivity index (χ3n) is 2.89. The van der Waals surface area contributed by atoms with E-state index in [-0.39, 0.29) is 0 Å². The molecule has 0 saturated carbocycles. The zero-order valence-electron chi connectivity index (χ0n) is 13.4. The van der Waals surface area contributed by atoms with Crippen LogP contribution >= 0.6 is 19.5 Å². The Hall–Kier alpha value is -2.11. The van der Waals surface area contributed by atoms with Gasteiger partial charge in [0, 0.05) is 6.20 Å². The van der Waals surface area contributed by atoms with Gasteiger partial charge < -0.3 is 9.57 Å². The van der Waals surface area contributed by atoms with Crippen molar-refractivity contribution in [2.75, 3.05) is 13.2 Å². The van der Waals surface area contributed by atoms with E-state index in [0.717, 1.165) is 0 Å². The van der Waals surface area contributed by atoms with E-state index in [9.17, 15) is 4.57 Å². The van der Waals surface area contributed by atoms with Gasteiger partial charge in [-0.1, -0.05) is 17.3 Å². The van der Waals surface area contributed by atoms with E-state index in [1.165, 1.54) is 0 Å². The maximum absolute atomic E-state index is 11.5. The number of thiol groups is 1. The molecule has 2 aromatic rings. The van der Waals surface area contributed by atoms with Crippen molar-refractivity contribution in [1.82, 2.24) is 4.98 Å². The molecule has 1 atom stereocenters. The first-order valence-corrected chi connectivity index (χ1v) is 9.72. The zero-order valence-corrected chi connectivity index (χ0v) is 15.2. The normalized spacial score (nSPS) is 11.8. The number of nitrogens with zero attached hydrogens (tertiary/aromatic N) is 2. The summed E-state index contributed by atoms with van der Waals surface area (Å²) in [5.41, 5.74) is 1.53. The van der Waals surface area contributed by atoms with Gasteiger partial charge >= 0.3 is 7.23 Å². The Morgan fingerprint density at radius 3 is 2.58 bits per heavy atom. The van der Waals surface area contributed by atoms with Crippen LogP contribution in [0.2, 0.25) is 0 Å². The molecule has 2 rings (SSSR count). The fourth-order valence-electron chi connectivity index (χ4n) is 2.03. The summed E-state index contributed by atoms with van der Waals surface area (Å²) in [6, 6.07) is 10.6. The third-order valence-corrected chi connectivity index (χ3v) is 3.49. The lowest BCUT2D eigenvalue weighted by Crippen LogP contribution is -2.11. The van der Waals surface area contributed by atoms with Crippen molar-refractivity contribution in [1.29, 1.82) is 0 Å². The first kappa shape index (κ1) is 18.2. The summed E-state index contributed by atoms with van der Waals surface area (Å²) in [7, 11) is -2.15. The number of pyridine rings is 1. The lowest BCUT2D eigenvalue weighted by Gasteiger charge is -2.13. The third kappa shape index (κ3) is 4.69. The number of ether oxygens (including phenoxy) is 1. The van der Waals surface area contributed by atoms with Gasteiger partial charge in [-0.05, 0) is 42.7 Å². The van der Waals surface area contributed by atoms with Crippen LogP contribution in [0.1, 0.15) is 25.1 Å². The smallest absolute Gasteiger partial charge is 0.493 e. The minimum absolute atomic E-state index is 0.334. The van der Waals surface area contributed by atoms with Gasteiger partial charge in [0.25, 0.3) is 0 Å². The summed E-state index contributed by atoms with van der Waals surface area (Å²) in [5, 5.41) is 4.17. The molecule has 6 nitrogen and oxygen atoms in total. The van der Waals surface area contributed by atoms with Crippen LogP contribution in [0.4, 0.5) is 0 Å². The van der Waals surface area contributed by atoms with Crippen molar-refractivity contribution in [2.24, 2.45) is 5.16 Å². The molecule has 0 aliphatic heterocycles. The SMILES string of the molecule is CCON=C(c1ccccn1)c1c(OCC)cccc1O[P+](=O)S.